The molecule has 0 atom stereocenters. The van der Waals surface area contributed by atoms with Crippen LogP contribution in [0.4, 0.5) is 10.1 Å². The van der Waals surface area contributed by atoms with Crippen molar-refractivity contribution in [3.8, 4) is 0 Å². The van der Waals surface area contributed by atoms with Crippen LogP contribution in [0.5, 0.6) is 0 Å². The molecule has 2 aromatic rings. The summed E-state index contributed by atoms with van der Waals surface area (Å²) in [6.07, 6.45) is 0. The average Bonchev–Trinajstić information content (AvgIpc) is 2.41. The van der Waals surface area contributed by atoms with Crippen LogP contribution in [0.25, 0.3) is 0 Å². The average molecular weight is 309 g/mol. The molecular weight excluding hydrogens is 297 g/mol. The molecule has 0 saturated heterocycles. The highest BCUT2D eigenvalue weighted by molar-refractivity contribution is 7.92. The van der Waals surface area contributed by atoms with E-state index in [0.29, 0.717) is 5.56 Å². The molecule has 0 aliphatic carbocycles. The van der Waals surface area contributed by atoms with Crippen LogP contribution >= 0.6 is 0 Å². The quantitative estimate of drug-likeness (QED) is 0.909. The Morgan fingerprint density at radius 1 is 1.14 bits per heavy atom. The fraction of sp³-hybridized carbons (Fsp3) is 0.0714. The van der Waals surface area contributed by atoms with E-state index in [4.69, 9.17) is 5.11 Å². The van der Waals surface area contributed by atoms with Crippen molar-refractivity contribution in [3.05, 3.63) is 59.4 Å². The molecule has 5 nitrogen and oxygen atoms in total. The Kier molecular flexibility index (Phi) is 3.95. The van der Waals surface area contributed by atoms with Crippen molar-refractivity contribution >= 4 is 21.7 Å². The van der Waals surface area contributed by atoms with E-state index < -0.39 is 21.8 Å². The fourth-order valence-corrected chi connectivity index (χ4v) is 2.92. The van der Waals surface area contributed by atoms with Gasteiger partial charge >= 0.3 is 5.97 Å². The maximum Gasteiger partial charge on any atom is 0.336 e. The molecule has 0 fully saturated rings. The van der Waals surface area contributed by atoms with Gasteiger partial charge in [0.2, 0.25) is 0 Å². The Morgan fingerprint density at radius 3 is 2.33 bits per heavy atom. The SMILES string of the molecule is Cc1c(NS(=O)(=O)c2ccc(F)cc2)cccc1C(=O)O. The zero-order valence-electron chi connectivity index (χ0n) is 11.0. The van der Waals surface area contributed by atoms with Crippen LogP contribution in [-0.2, 0) is 10.0 Å². The van der Waals surface area contributed by atoms with Crippen LogP contribution in [-0.4, -0.2) is 19.5 Å². The monoisotopic (exact) mass is 309 g/mol. The molecule has 110 valence electrons. The first kappa shape index (κ1) is 15.0. The minimum Gasteiger partial charge on any atom is -0.478 e. The highest BCUT2D eigenvalue weighted by Gasteiger charge is 2.17. The van der Waals surface area contributed by atoms with E-state index in [1.165, 1.54) is 25.1 Å². The molecule has 0 saturated carbocycles. The number of carboxylic acids is 1. The number of rotatable bonds is 4. The van der Waals surface area contributed by atoms with Crippen molar-refractivity contribution in [3.63, 3.8) is 0 Å². The third-order valence-corrected chi connectivity index (χ3v) is 4.31. The number of carbonyl (C=O) groups is 1. The van der Waals surface area contributed by atoms with Crippen LogP contribution in [0.1, 0.15) is 15.9 Å². The van der Waals surface area contributed by atoms with Gasteiger partial charge < -0.3 is 5.11 Å². The number of sulfonamides is 1. The normalized spacial score (nSPS) is 11.1. The van der Waals surface area contributed by atoms with Crippen LogP contribution < -0.4 is 4.72 Å². The summed E-state index contributed by atoms with van der Waals surface area (Å²) >= 11 is 0. The standard InChI is InChI=1S/C14H12FNO4S/c1-9-12(14(17)18)3-2-4-13(9)16-21(19,20)11-7-5-10(15)6-8-11/h2-8,16H,1H3,(H,17,18). The second kappa shape index (κ2) is 5.53. The van der Waals surface area contributed by atoms with Crippen LogP contribution in [0.15, 0.2) is 47.4 Å². The van der Waals surface area contributed by atoms with E-state index in [-0.39, 0.29) is 16.1 Å². The molecule has 0 aliphatic heterocycles. The summed E-state index contributed by atoms with van der Waals surface area (Å²) in [5, 5.41) is 9.02. The van der Waals surface area contributed by atoms with E-state index >= 15 is 0 Å². The maximum absolute atomic E-state index is 12.8. The summed E-state index contributed by atoms with van der Waals surface area (Å²) in [7, 11) is -3.90. The van der Waals surface area contributed by atoms with Crippen molar-refractivity contribution < 1.29 is 22.7 Å². The molecule has 2 rings (SSSR count). The number of halogens is 1. The molecule has 2 aromatic carbocycles. The van der Waals surface area contributed by atoms with Crippen molar-refractivity contribution in [2.24, 2.45) is 0 Å². The summed E-state index contributed by atoms with van der Waals surface area (Å²) in [5.41, 5.74) is 0.476. The largest absolute Gasteiger partial charge is 0.478 e. The number of hydrogen-bond acceptors (Lipinski definition) is 3. The predicted molar refractivity (Wildman–Crippen MR) is 75.3 cm³/mol. The highest BCUT2D eigenvalue weighted by Crippen LogP contribution is 2.22. The molecule has 2 N–H and O–H groups in total. The van der Waals surface area contributed by atoms with Crippen molar-refractivity contribution in [1.82, 2.24) is 0 Å². The lowest BCUT2D eigenvalue weighted by molar-refractivity contribution is 0.0696. The van der Waals surface area contributed by atoms with Crippen molar-refractivity contribution in [2.75, 3.05) is 4.72 Å². The first-order valence-electron chi connectivity index (χ1n) is 5.92. The summed E-state index contributed by atoms with van der Waals surface area (Å²) < 4.78 is 39.5. The third-order valence-electron chi connectivity index (χ3n) is 2.93. The number of hydrogen-bond donors (Lipinski definition) is 2. The smallest absolute Gasteiger partial charge is 0.336 e. The van der Waals surface area contributed by atoms with Gasteiger partial charge in [-0.05, 0) is 48.9 Å². The molecule has 0 amide bonds. The Labute approximate surface area is 121 Å². The van der Waals surface area contributed by atoms with Gasteiger partial charge in [0.05, 0.1) is 16.1 Å². The van der Waals surface area contributed by atoms with Crippen molar-refractivity contribution in [2.45, 2.75) is 11.8 Å². The minimum atomic E-state index is -3.90. The van der Waals surface area contributed by atoms with Crippen LogP contribution in [0.2, 0.25) is 0 Å². The topological polar surface area (TPSA) is 83.5 Å². The zero-order chi connectivity index (χ0) is 15.6. The molecular formula is C14H12FNO4S. The van der Waals surface area contributed by atoms with Gasteiger partial charge in [0, 0.05) is 0 Å². The van der Waals surface area contributed by atoms with E-state index in [1.54, 1.807) is 0 Å². The second-order valence-corrected chi connectivity index (χ2v) is 6.03. The van der Waals surface area contributed by atoms with Gasteiger partial charge in [0.25, 0.3) is 10.0 Å². The van der Waals surface area contributed by atoms with Gasteiger partial charge in [-0.3, -0.25) is 4.72 Å². The summed E-state index contributed by atoms with van der Waals surface area (Å²) in [6, 6.07) is 8.63. The highest BCUT2D eigenvalue weighted by atomic mass is 32.2. The number of anilines is 1. The number of carboxylic acid groups (broad SMARTS) is 1. The summed E-state index contributed by atoms with van der Waals surface area (Å²) in [6.45, 7) is 1.51. The van der Waals surface area contributed by atoms with Gasteiger partial charge in [0.1, 0.15) is 5.82 Å². The lowest BCUT2D eigenvalue weighted by Gasteiger charge is -2.12. The number of aromatic carboxylic acids is 1. The number of nitrogens with one attached hydrogen (secondary N) is 1. The van der Waals surface area contributed by atoms with Crippen LogP contribution in [0.3, 0.4) is 0 Å². The molecule has 0 heterocycles. The Hall–Kier alpha value is -2.41. The van der Waals surface area contributed by atoms with Gasteiger partial charge in [-0.1, -0.05) is 6.07 Å². The van der Waals surface area contributed by atoms with E-state index in [1.807, 2.05) is 0 Å². The lowest BCUT2D eigenvalue weighted by atomic mass is 10.1. The fourth-order valence-electron chi connectivity index (χ4n) is 1.80. The Bertz CT molecular complexity index is 785. The van der Waals surface area contributed by atoms with E-state index in [9.17, 15) is 17.6 Å². The first-order valence-corrected chi connectivity index (χ1v) is 7.41. The predicted octanol–water partition coefficient (Wildman–Crippen LogP) is 2.63. The van der Waals surface area contributed by atoms with Gasteiger partial charge in [0.15, 0.2) is 0 Å². The lowest BCUT2D eigenvalue weighted by Crippen LogP contribution is -2.14. The van der Waals surface area contributed by atoms with Gasteiger partial charge in [-0.25, -0.2) is 17.6 Å². The van der Waals surface area contributed by atoms with E-state index in [2.05, 4.69) is 4.72 Å². The maximum atomic E-state index is 12.8. The minimum absolute atomic E-state index is 0.00862. The molecule has 21 heavy (non-hydrogen) atoms. The number of benzene rings is 2. The van der Waals surface area contributed by atoms with Gasteiger partial charge in [-0.2, -0.15) is 0 Å². The van der Waals surface area contributed by atoms with E-state index in [0.717, 1.165) is 24.3 Å². The zero-order valence-corrected chi connectivity index (χ0v) is 11.8. The molecule has 0 spiro atoms. The Balaban J connectivity index is 2.39. The van der Waals surface area contributed by atoms with Crippen LogP contribution in [0, 0.1) is 12.7 Å². The van der Waals surface area contributed by atoms with Crippen molar-refractivity contribution in [1.29, 1.82) is 0 Å². The molecule has 0 aromatic heterocycles. The Morgan fingerprint density at radius 2 is 1.76 bits per heavy atom. The second-order valence-electron chi connectivity index (χ2n) is 4.34. The molecule has 7 heteroatoms. The first-order chi connectivity index (χ1) is 9.81. The third kappa shape index (κ3) is 3.19. The summed E-state index contributed by atoms with van der Waals surface area (Å²) in [4.78, 5) is 10.9. The summed E-state index contributed by atoms with van der Waals surface area (Å²) in [5.74, 6) is -1.69. The molecule has 0 bridgehead atoms. The molecule has 0 radical (unpaired) electrons. The molecule has 0 unspecified atom stereocenters. The van der Waals surface area contributed by atoms with Gasteiger partial charge in [-0.15, -0.1) is 0 Å². The molecule has 0 aliphatic rings.